The van der Waals surface area contributed by atoms with Gasteiger partial charge in [0.2, 0.25) is 0 Å². The molecule has 0 saturated carbocycles. The zero-order valence-electron chi connectivity index (χ0n) is 20.6. The molecule has 4 aromatic rings. The van der Waals surface area contributed by atoms with Gasteiger partial charge < -0.3 is 4.52 Å². The molecule has 0 heterocycles. The monoisotopic (exact) mass is 474 g/mol. The molecule has 0 aromatic heterocycles. The SMILES string of the molecule is CC(C)[C@@H](SC(C)(C)C)[C@H](C)OP(c1cccc2ccccc12)c1cccc2ccccc12. The average molecular weight is 475 g/mol. The molecule has 1 nitrogen and oxygen atoms in total. The molecule has 0 aliphatic heterocycles. The number of hydrogen-bond donors (Lipinski definition) is 0. The molecule has 3 heteroatoms. The Balaban J connectivity index is 1.85. The Kier molecular flexibility index (Phi) is 7.49. The van der Waals surface area contributed by atoms with Crippen molar-refractivity contribution in [3.8, 4) is 0 Å². The third kappa shape index (κ3) is 5.62. The molecule has 4 rings (SSSR count). The lowest BCUT2D eigenvalue weighted by atomic mass is 10.1. The summed E-state index contributed by atoms with van der Waals surface area (Å²) in [6.45, 7) is 13.8. The standard InChI is InChI=1S/C30H35OPS/c1-21(2)29(33-30(4,5)6)22(3)31-32(27-19-11-15-23-13-7-9-17-25(23)27)28-20-12-16-24-14-8-10-18-26(24)28/h7-22,29H,1-6H3/t22-,29+/m0/s1. The van der Waals surface area contributed by atoms with Crippen LogP contribution in [0.1, 0.15) is 41.5 Å². The van der Waals surface area contributed by atoms with Crippen LogP contribution in [0.5, 0.6) is 0 Å². The van der Waals surface area contributed by atoms with E-state index in [9.17, 15) is 0 Å². The van der Waals surface area contributed by atoms with Crippen molar-refractivity contribution in [1.82, 2.24) is 0 Å². The maximum Gasteiger partial charge on any atom is 0.0934 e. The Morgan fingerprint density at radius 1 is 0.667 bits per heavy atom. The Morgan fingerprint density at radius 2 is 1.12 bits per heavy atom. The molecular weight excluding hydrogens is 439 g/mol. The summed E-state index contributed by atoms with van der Waals surface area (Å²) in [7, 11) is -1.00. The Hall–Kier alpha value is -1.86. The lowest BCUT2D eigenvalue weighted by molar-refractivity contribution is 0.228. The van der Waals surface area contributed by atoms with Crippen molar-refractivity contribution >= 4 is 52.1 Å². The fraction of sp³-hybridized carbons (Fsp3) is 0.333. The molecule has 0 amide bonds. The molecule has 0 radical (unpaired) electrons. The van der Waals surface area contributed by atoms with Gasteiger partial charge in [0.05, 0.1) is 14.3 Å². The molecule has 0 saturated heterocycles. The molecule has 4 aromatic carbocycles. The van der Waals surface area contributed by atoms with E-state index in [1.165, 1.54) is 32.2 Å². The zero-order valence-corrected chi connectivity index (χ0v) is 22.3. The van der Waals surface area contributed by atoms with Gasteiger partial charge in [-0.05, 0) is 34.4 Å². The quantitative estimate of drug-likeness (QED) is 0.249. The van der Waals surface area contributed by atoms with Crippen LogP contribution in [0.4, 0.5) is 0 Å². The van der Waals surface area contributed by atoms with Crippen molar-refractivity contribution in [2.75, 3.05) is 0 Å². The third-order valence-electron chi connectivity index (χ3n) is 5.85. The van der Waals surface area contributed by atoms with Crippen LogP contribution < -0.4 is 10.6 Å². The summed E-state index contributed by atoms with van der Waals surface area (Å²) < 4.78 is 7.34. The van der Waals surface area contributed by atoms with E-state index in [1.54, 1.807) is 0 Å². The third-order valence-corrected chi connectivity index (χ3v) is 9.96. The molecule has 172 valence electrons. The second-order valence-electron chi connectivity index (χ2n) is 10.0. The van der Waals surface area contributed by atoms with Crippen LogP contribution in [-0.4, -0.2) is 16.1 Å². The van der Waals surface area contributed by atoms with Crippen LogP contribution in [0, 0.1) is 5.92 Å². The fourth-order valence-electron chi connectivity index (χ4n) is 4.42. The highest BCUT2D eigenvalue weighted by Gasteiger charge is 2.31. The average Bonchev–Trinajstić information content (AvgIpc) is 2.79. The normalized spacial score (nSPS) is 14.3. The molecule has 0 bridgehead atoms. The van der Waals surface area contributed by atoms with E-state index in [1.807, 2.05) is 11.8 Å². The molecule has 33 heavy (non-hydrogen) atoms. The van der Waals surface area contributed by atoms with Gasteiger partial charge in [-0.1, -0.05) is 120 Å². The predicted molar refractivity (Wildman–Crippen MR) is 151 cm³/mol. The smallest absolute Gasteiger partial charge is 0.0934 e. The maximum atomic E-state index is 7.15. The number of rotatable bonds is 7. The van der Waals surface area contributed by atoms with Crippen molar-refractivity contribution < 1.29 is 4.52 Å². The van der Waals surface area contributed by atoms with Crippen molar-refractivity contribution in [3.05, 3.63) is 84.9 Å². The first kappa shape index (κ1) is 24.3. The number of hydrogen-bond acceptors (Lipinski definition) is 2. The Morgan fingerprint density at radius 3 is 1.58 bits per heavy atom. The molecule has 0 unspecified atom stereocenters. The van der Waals surface area contributed by atoms with Crippen LogP contribution in [0.3, 0.4) is 0 Å². The maximum absolute atomic E-state index is 7.15. The van der Waals surface area contributed by atoms with E-state index in [2.05, 4.69) is 126 Å². The van der Waals surface area contributed by atoms with Crippen LogP contribution in [0.15, 0.2) is 84.9 Å². The van der Waals surface area contributed by atoms with Gasteiger partial charge in [-0.15, -0.1) is 11.8 Å². The predicted octanol–water partition coefficient (Wildman–Crippen LogP) is 8.30. The molecule has 0 spiro atoms. The molecule has 0 N–H and O–H groups in total. The highest BCUT2D eigenvalue weighted by atomic mass is 32.2. The van der Waals surface area contributed by atoms with Gasteiger partial charge in [0.15, 0.2) is 0 Å². The minimum absolute atomic E-state index is 0.123. The van der Waals surface area contributed by atoms with Crippen molar-refractivity contribution in [3.63, 3.8) is 0 Å². The van der Waals surface area contributed by atoms with Gasteiger partial charge >= 0.3 is 0 Å². The Bertz CT molecular complexity index is 1140. The van der Waals surface area contributed by atoms with E-state index in [0.29, 0.717) is 11.2 Å². The van der Waals surface area contributed by atoms with Gasteiger partial charge in [-0.25, -0.2) is 0 Å². The van der Waals surface area contributed by atoms with Crippen LogP contribution in [-0.2, 0) is 4.52 Å². The second kappa shape index (κ2) is 10.2. The largest absolute Gasteiger partial charge is 0.346 e. The summed E-state index contributed by atoms with van der Waals surface area (Å²) in [4.78, 5) is 0. The lowest BCUT2D eigenvalue weighted by Gasteiger charge is -2.35. The summed E-state index contributed by atoms with van der Waals surface area (Å²) in [6.07, 6.45) is 0.123. The highest BCUT2D eigenvalue weighted by molar-refractivity contribution is 8.01. The number of fused-ring (bicyclic) bond motifs is 2. The van der Waals surface area contributed by atoms with Crippen molar-refractivity contribution in [2.45, 2.75) is 57.6 Å². The summed E-state index contributed by atoms with van der Waals surface area (Å²) in [5.74, 6) is 0.529. The van der Waals surface area contributed by atoms with Crippen LogP contribution >= 0.6 is 19.9 Å². The summed E-state index contributed by atoms with van der Waals surface area (Å²) >= 11 is 2.04. The Labute approximate surface area is 204 Å². The second-order valence-corrected chi connectivity index (χ2v) is 13.8. The fourth-order valence-corrected chi connectivity index (χ4v) is 8.08. The van der Waals surface area contributed by atoms with E-state index < -0.39 is 8.15 Å². The van der Waals surface area contributed by atoms with E-state index in [-0.39, 0.29) is 10.9 Å². The van der Waals surface area contributed by atoms with E-state index in [0.717, 1.165) is 0 Å². The molecular formula is C30H35OPS. The minimum Gasteiger partial charge on any atom is -0.346 e. The summed E-state index contributed by atoms with van der Waals surface area (Å²) in [5.41, 5.74) is 0. The summed E-state index contributed by atoms with van der Waals surface area (Å²) in [5, 5.41) is 8.13. The first-order valence-corrected chi connectivity index (χ1v) is 14.0. The van der Waals surface area contributed by atoms with Gasteiger partial charge in [-0.2, -0.15) is 0 Å². The summed E-state index contributed by atoms with van der Waals surface area (Å²) in [6, 6.07) is 30.7. The number of benzene rings is 4. The van der Waals surface area contributed by atoms with Crippen LogP contribution in [0.2, 0.25) is 0 Å². The van der Waals surface area contributed by atoms with Gasteiger partial charge in [0.25, 0.3) is 0 Å². The van der Waals surface area contributed by atoms with Gasteiger partial charge in [0.1, 0.15) is 0 Å². The lowest BCUT2D eigenvalue weighted by Crippen LogP contribution is -2.33. The number of thioether (sulfide) groups is 1. The molecule has 2 atom stereocenters. The molecule has 0 fully saturated rings. The van der Waals surface area contributed by atoms with Crippen molar-refractivity contribution in [1.29, 1.82) is 0 Å². The molecule has 0 aliphatic carbocycles. The van der Waals surface area contributed by atoms with Gasteiger partial charge in [-0.3, -0.25) is 0 Å². The van der Waals surface area contributed by atoms with E-state index in [4.69, 9.17) is 4.52 Å². The molecule has 0 aliphatic rings. The zero-order chi connectivity index (χ0) is 23.6. The topological polar surface area (TPSA) is 9.23 Å². The van der Waals surface area contributed by atoms with Gasteiger partial charge in [0, 0.05) is 20.6 Å². The first-order valence-electron chi connectivity index (χ1n) is 11.8. The highest BCUT2D eigenvalue weighted by Crippen LogP contribution is 2.44. The first-order chi connectivity index (χ1) is 15.7. The van der Waals surface area contributed by atoms with Crippen LogP contribution in [0.25, 0.3) is 21.5 Å². The minimum atomic E-state index is -1.00. The van der Waals surface area contributed by atoms with E-state index >= 15 is 0 Å². The van der Waals surface area contributed by atoms with Crippen molar-refractivity contribution in [2.24, 2.45) is 5.92 Å².